The zero-order chi connectivity index (χ0) is 19.5. The fourth-order valence-electron chi connectivity index (χ4n) is 2.26. The molecule has 0 aliphatic heterocycles. The van der Waals surface area contributed by atoms with E-state index in [4.69, 9.17) is 5.73 Å². The van der Waals surface area contributed by atoms with E-state index in [0.717, 1.165) is 30.3 Å². The third kappa shape index (κ3) is 5.01. The molecule has 0 aromatic heterocycles. The molecule has 2 rings (SSSR count). The molecule has 138 valence electrons. The van der Waals surface area contributed by atoms with E-state index < -0.39 is 46.8 Å². The van der Waals surface area contributed by atoms with Crippen molar-refractivity contribution in [3.63, 3.8) is 0 Å². The molecule has 0 radical (unpaired) electrons. The van der Waals surface area contributed by atoms with E-state index in [1.54, 1.807) is 0 Å². The van der Waals surface area contributed by atoms with Crippen LogP contribution in [0.3, 0.4) is 0 Å². The first kappa shape index (κ1) is 19.4. The lowest BCUT2D eigenvalue weighted by Gasteiger charge is -2.16. The third-order valence-corrected chi connectivity index (χ3v) is 3.47. The molecular weight excluding hydrogens is 359 g/mol. The highest BCUT2D eigenvalue weighted by Gasteiger charge is 2.30. The molecule has 0 unspecified atom stereocenters. The van der Waals surface area contributed by atoms with Gasteiger partial charge in [0.15, 0.2) is 0 Å². The lowest BCUT2D eigenvalue weighted by molar-refractivity contribution is -0.137. The largest absolute Gasteiger partial charge is 0.416 e. The number of hydrogen-bond acceptors (Lipinski definition) is 2. The number of alkyl halides is 3. The van der Waals surface area contributed by atoms with Crippen LogP contribution in [0, 0.1) is 11.6 Å². The molecule has 9 heteroatoms. The molecule has 4 nitrogen and oxygen atoms in total. The molecule has 0 heterocycles. The lowest BCUT2D eigenvalue weighted by Crippen LogP contribution is -2.45. The Morgan fingerprint density at radius 2 is 1.65 bits per heavy atom. The molecule has 0 saturated heterocycles. The van der Waals surface area contributed by atoms with Gasteiger partial charge in [0.05, 0.1) is 5.56 Å². The van der Waals surface area contributed by atoms with Gasteiger partial charge in [0.1, 0.15) is 17.7 Å². The Balaban J connectivity index is 2.19. The van der Waals surface area contributed by atoms with Gasteiger partial charge in [0.25, 0.3) is 5.91 Å². The summed E-state index contributed by atoms with van der Waals surface area (Å²) in [5.41, 5.74) is 3.97. The molecule has 26 heavy (non-hydrogen) atoms. The first-order valence-electron chi connectivity index (χ1n) is 7.28. The normalized spacial score (nSPS) is 12.5. The zero-order valence-electron chi connectivity index (χ0n) is 13.1. The molecule has 0 aliphatic carbocycles. The van der Waals surface area contributed by atoms with Crippen molar-refractivity contribution in [2.75, 3.05) is 0 Å². The molecule has 2 amide bonds. The van der Waals surface area contributed by atoms with Crippen LogP contribution >= 0.6 is 0 Å². The van der Waals surface area contributed by atoms with Crippen LogP contribution in [0.4, 0.5) is 22.0 Å². The highest BCUT2D eigenvalue weighted by Crippen LogP contribution is 2.29. The molecular formula is C17H13F5N2O2. The van der Waals surface area contributed by atoms with Gasteiger partial charge in [-0.1, -0.05) is 18.2 Å². The number of benzene rings is 2. The van der Waals surface area contributed by atoms with Gasteiger partial charge in [-0.25, -0.2) is 8.78 Å². The highest BCUT2D eigenvalue weighted by atomic mass is 19.4. The monoisotopic (exact) mass is 372 g/mol. The fraction of sp³-hybridized carbons (Fsp3) is 0.176. The second-order valence-electron chi connectivity index (χ2n) is 5.49. The van der Waals surface area contributed by atoms with E-state index in [0.29, 0.717) is 6.07 Å². The number of halogens is 5. The van der Waals surface area contributed by atoms with E-state index in [1.165, 1.54) is 6.07 Å². The number of hydrogen-bond donors (Lipinski definition) is 2. The van der Waals surface area contributed by atoms with Crippen molar-refractivity contribution < 1.29 is 31.5 Å². The van der Waals surface area contributed by atoms with Gasteiger partial charge in [-0.3, -0.25) is 9.59 Å². The Hall–Kier alpha value is -2.97. The Bertz CT molecular complexity index is 816. The number of carbonyl (C=O) groups excluding carboxylic acids is 2. The van der Waals surface area contributed by atoms with Crippen LogP contribution in [-0.2, 0) is 17.4 Å². The molecule has 1 atom stereocenters. The van der Waals surface area contributed by atoms with Crippen LogP contribution in [-0.4, -0.2) is 17.9 Å². The van der Waals surface area contributed by atoms with Gasteiger partial charge in [-0.05, 0) is 23.8 Å². The number of rotatable bonds is 5. The predicted octanol–water partition coefficient (Wildman–Crippen LogP) is 2.81. The maximum atomic E-state index is 13.2. The van der Waals surface area contributed by atoms with Gasteiger partial charge in [-0.15, -0.1) is 0 Å². The van der Waals surface area contributed by atoms with Crippen molar-refractivity contribution >= 4 is 11.8 Å². The van der Waals surface area contributed by atoms with E-state index in [-0.39, 0.29) is 12.0 Å². The van der Waals surface area contributed by atoms with Crippen LogP contribution in [0.2, 0.25) is 0 Å². The number of nitrogens with two attached hydrogens (primary N) is 1. The smallest absolute Gasteiger partial charge is 0.368 e. The third-order valence-electron chi connectivity index (χ3n) is 3.47. The number of nitrogens with one attached hydrogen (secondary N) is 1. The molecule has 0 aliphatic rings. The molecule has 3 N–H and O–H groups in total. The minimum atomic E-state index is -4.57. The van der Waals surface area contributed by atoms with Crippen LogP contribution in [0.15, 0.2) is 42.5 Å². The van der Waals surface area contributed by atoms with E-state index >= 15 is 0 Å². The maximum Gasteiger partial charge on any atom is 0.416 e. The average Bonchev–Trinajstić information content (AvgIpc) is 2.52. The van der Waals surface area contributed by atoms with Crippen molar-refractivity contribution in [1.82, 2.24) is 5.32 Å². The number of primary amides is 1. The van der Waals surface area contributed by atoms with Crippen molar-refractivity contribution in [3.05, 3.63) is 70.8 Å². The lowest BCUT2D eigenvalue weighted by atomic mass is 10.0. The Kier molecular flexibility index (Phi) is 5.59. The van der Waals surface area contributed by atoms with Crippen LogP contribution in [0.1, 0.15) is 21.5 Å². The number of carbonyl (C=O) groups is 2. The predicted molar refractivity (Wildman–Crippen MR) is 82.0 cm³/mol. The van der Waals surface area contributed by atoms with E-state index in [2.05, 4.69) is 5.32 Å². The number of amides is 2. The molecule has 0 fully saturated rings. The Morgan fingerprint density at radius 1 is 1.04 bits per heavy atom. The topological polar surface area (TPSA) is 72.2 Å². The van der Waals surface area contributed by atoms with E-state index in [1.807, 2.05) is 0 Å². The van der Waals surface area contributed by atoms with Gasteiger partial charge in [-0.2, -0.15) is 13.2 Å². The van der Waals surface area contributed by atoms with Crippen LogP contribution < -0.4 is 11.1 Å². The summed E-state index contributed by atoms with van der Waals surface area (Å²) in [5.74, 6) is -3.99. The minimum Gasteiger partial charge on any atom is -0.368 e. The summed E-state index contributed by atoms with van der Waals surface area (Å²) in [5, 5.41) is 2.17. The van der Waals surface area contributed by atoms with Gasteiger partial charge >= 0.3 is 6.18 Å². The highest BCUT2D eigenvalue weighted by molar-refractivity contribution is 5.97. The molecule has 2 aromatic rings. The van der Waals surface area contributed by atoms with Crippen molar-refractivity contribution in [3.8, 4) is 0 Å². The molecule has 0 saturated carbocycles. The maximum absolute atomic E-state index is 13.2. The first-order valence-corrected chi connectivity index (χ1v) is 7.28. The van der Waals surface area contributed by atoms with Crippen molar-refractivity contribution in [2.45, 2.75) is 18.6 Å². The van der Waals surface area contributed by atoms with Crippen molar-refractivity contribution in [2.24, 2.45) is 5.73 Å². The summed E-state index contributed by atoms with van der Waals surface area (Å²) in [6.45, 7) is 0. The summed E-state index contributed by atoms with van der Waals surface area (Å²) in [6, 6.07) is 4.87. The Labute approximate surface area is 144 Å². The van der Waals surface area contributed by atoms with Gasteiger partial charge in [0, 0.05) is 18.1 Å². The average molecular weight is 372 g/mol. The zero-order valence-corrected chi connectivity index (χ0v) is 13.1. The quantitative estimate of drug-likeness (QED) is 0.793. The standard InChI is InChI=1S/C17H13F5N2O2/c18-12-6-10(7-13(19)8-12)16(26)24-14(15(23)25)5-9-2-1-3-11(4-9)17(20,21)22/h1-4,6-8,14H,5H2,(H2,23,25)(H,24,26)/t14-/m0/s1. The molecule has 2 aromatic carbocycles. The van der Waals surface area contributed by atoms with Gasteiger partial charge < -0.3 is 11.1 Å². The summed E-state index contributed by atoms with van der Waals surface area (Å²) in [7, 11) is 0. The molecule has 0 bridgehead atoms. The van der Waals surface area contributed by atoms with Crippen molar-refractivity contribution in [1.29, 1.82) is 0 Å². The second kappa shape index (κ2) is 7.51. The van der Waals surface area contributed by atoms with E-state index in [9.17, 15) is 31.5 Å². The first-order chi connectivity index (χ1) is 12.1. The second-order valence-corrected chi connectivity index (χ2v) is 5.49. The summed E-state index contributed by atoms with van der Waals surface area (Å²) in [6.07, 6.45) is -4.89. The van der Waals surface area contributed by atoms with Crippen LogP contribution in [0.5, 0.6) is 0 Å². The molecule has 0 spiro atoms. The minimum absolute atomic E-state index is 0.106. The Morgan fingerprint density at radius 3 is 2.19 bits per heavy atom. The fourth-order valence-corrected chi connectivity index (χ4v) is 2.26. The summed E-state index contributed by atoms with van der Waals surface area (Å²) < 4.78 is 64.6. The summed E-state index contributed by atoms with van der Waals surface area (Å²) >= 11 is 0. The SMILES string of the molecule is NC(=O)[C@H](Cc1cccc(C(F)(F)F)c1)NC(=O)c1cc(F)cc(F)c1. The van der Waals surface area contributed by atoms with Gasteiger partial charge in [0.2, 0.25) is 5.91 Å². The summed E-state index contributed by atoms with van der Waals surface area (Å²) in [4.78, 5) is 23.6. The van der Waals surface area contributed by atoms with Crippen LogP contribution in [0.25, 0.3) is 0 Å².